The van der Waals surface area contributed by atoms with Gasteiger partial charge in [0.1, 0.15) is 0 Å². The van der Waals surface area contributed by atoms with Crippen LogP contribution in [0.3, 0.4) is 0 Å². The molecule has 3 aromatic carbocycles. The molecule has 0 heterocycles. The Labute approximate surface area is 181 Å². The van der Waals surface area contributed by atoms with E-state index in [-0.39, 0.29) is 15.5 Å². The molecule has 0 aliphatic rings. The predicted molar refractivity (Wildman–Crippen MR) is 119 cm³/mol. The molecule has 0 saturated heterocycles. The van der Waals surface area contributed by atoms with Crippen molar-refractivity contribution < 1.29 is 21.6 Å². The van der Waals surface area contributed by atoms with E-state index in [0.29, 0.717) is 5.69 Å². The van der Waals surface area contributed by atoms with Crippen LogP contribution in [0.4, 0.5) is 16.2 Å². The topological polar surface area (TPSA) is 121 Å². The summed E-state index contributed by atoms with van der Waals surface area (Å²) in [6, 6.07) is 17.3. The van der Waals surface area contributed by atoms with Crippen molar-refractivity contribution in [1.29, 1.82) is 0 Å². The van der Waals surface area contributed by atoms with Crippen molar-refractivity contribution in [3.8, 4) is 0 Å². The summed E-state index contributed by atoms with van der Waals surface area (Å²) >= 11 is 0. The van der Waals surface area contributed by atoms with Crippen molar-refractivity contribution in [2.75, 3.05) is 10.0 Å². The highest BCUT2D eigenvalue weighted by atomic mass is 32.2. The second-order valence-electron chi connectivity index (χ2n) is 6.87. The van der Waals surface area contributed by atoms with Gasteiger partial charge in [-0.2, -0.15) is 0 Å². The monoisotopic (exact) mass is 459 g/mol. The molecule has 2 amide bonds. The number of rotatable bonds is 6. The molecule has 3 aromatic rings. The van der Waals surface area contributed by atoms with E-state index < -0.39 is 26.1 Å². The fourth-order valence-electron chi connectivity index (χ4n) is 2.70. The van der Waals surface area contributed by atoms with Crippen molar-refractivity contribution in [2.45, 2.75) is 23.6 Å². The maximum atomic E-state index is 12.5. The van der Waals surface area contributed by atoms with E-state index in [9.17, 15) is 21.6 Å². The summed E-state index contributed by atoms with van der Waals surface area (Å²) in [5.74, 6) is 0. The Morgan fingerprint density at radius 1 is 0.677 bits per heavy atom. The van der Waals surface area contributed by atoms with Gasteiger partial charge in [-0.1, -0.05) is 29.8 Å². The van der Waals surface area contributed by atoms with Gasteiger partial charge in [0.05, 0.1) is 9.79 Å². The van der Waals surface area contributed by atoms with E-state index >= 15 is 0 Å². The molecule has 0 spiro atoms. The van der Waals surface area contributed by atoms with Gasteiger partial charge in [0.25, 0.3) is 20.0 Å². The quantitative estimate of drug-likeness (QED) is 0.520. The smallest absolute Gasteiger partial charge is 0.307 e. The maximum Gasteiger partial charge on any atom is 0.333 e. The van der Waals surface area contributed by atoms with Crippen LogP contribution in [0.5, 0.6) is 0 Å². The third-order valence-corrected chi connectivity index (χ3v) is 7.00. The van der Waals surface area contributed by atoms with Gasteiger partial charge >= 0.3 is 6.03 Å². The predicted octanol–water partition coefficient (Wildman–Crippen LogP) is 3.61. The summed E-state index contributed by atoms with van der Waals surface area (Å²) in [6.45, 7) is 3.67. The van der Waals surface area contributed by atoms with Crippen molar-refractivity contribution in [2.24, 2.45) is 0 Å². The summed E-state index contributed by atoms with van der Waals surface area (Å²) in [5, 5.41) is 2.37. The van der Waals surface area contributed by atoms with Crippen LogP contribution in [0.1, 0.15) is 11.1 Å². The Kier molecular flexibility index (Phi) is 6.32. The zero-order valence-electron chi connectivity index (χ0n) is 16.8. The van der Waals surface area contributed by atoms with Crippen LogP contribution in [0.25, 0.3) is 0 Å². The first kappa shape index (κ1) is 22.3. The van der Waals surface area contributed by atoms with Crippen LogP contribution in [-0.4, -0.2) is 22.9 Å². The Morgan fingerprint density at radius 3 is 1.87 bits per heavy atom. The van der Waals surface area contributed by atoms with E-state index in [1.807, 2.05) is 24.6 Å². The van der Waals surface area contributed by atoms with Crippen LogP contribution < -0.4 is 14.8 Å². The first-order valence-corrected chi connectivity index (χ1v) is 12.1. The second-order valence-corrected chi connectivity index (χ2v) is 10.2. The minimum Gasteiger partial charge on any atom is -0.307 e. The minimum atomic E-state index is -4.03. The molecule has 31 heavy (non-hydrogen) atoms. The lowest BCUT2D eigenvalue weighted by Gasteiger charge is -2.11. The molecule has 10 heteroatoms. The number of carbonyl (C=O) groups is 1. The number of anilines is 2. The van der Waals surface area contributed by atoms with E-state index in [2.05, 4.69) is 10.0 Å². The summed E-state index contributed by atoms with van der Waals surface area (Å²) in [7, 11) is -7.85. The fraction of sp³-hybridized carbons (Fsp3) is 0.0952. The van der Waals surface area contributed by atoms with Gasteiger partial charge in [-0.15, -0.1) is 0 Å². The molecule has 0 aliphatic heterocycles. The van der Waals surface area contributed by atoms with Gasteiger partial charge in [-0.25, -0.2) is 26.4 Å². The molecule has 0 unspecified atom stereocenters. The van der Waals surface area contributed by atoms with Crippen molar-refractivity contribution in [1.82, 2.24) is 4.72 Å². The average molecular weight is 460 g/mol. The van der Waals surface area contributed by atoms with E-state index in [1.54, 1.807) is 30.3 Å². The zero-order valence-corrected chi connectivity index (χ0v) is 18.4. The van der Waals surface area contributed by atoms with Gasteiger partial charge < -0.3 is 5.32 Å². The number of nitrogens with one attached hydrogen (secondary N) is 3. The van der Waals surface area contributed by atoms with E-state index in [0.717, 1.165) is 11.1 Å². The van der Waals surface area contributed by atoms with Crippen molar-refractivity contribution in [3.63, 3.8) is 0 Å². The third kappa shape index (κ3) is 5.83. The molecule has 162 valence electrons. The van der Waals surface area contributed by atoms with Gasteiger partial charge in [0.15, 0.2) is 0 Å². The number of aryl methyl sites for hydroxylation is 2. The summed E-state index contributed by atoms with van der Waals surface area (Å²) < 4.78 is 54.0. The maximum absolute atomic E-state index is 12.5. The van der Waals surface area contributed by atoms with E-state index in [4.69, 9.17) is 0 Å². The van der Waals surface area contributed by atoms with Crippen LogP contribution >= 0.6 is 0 Å². The molecule has 0 aliphatic carbocycles. The molecule has 0 bridgehead atoms. The Hall–Kier alpha value is -3.37. The van der Waals surface area contributed by atoms with Crippen LogP contribution in [-0.2, 0) is 20.0 Å². The largest absolute Gasteiger partial charge is 0.333 e. The van der Waals surface area contributed by atoms with E-state index in [1.165, 1.54) is 36.4 Å². The first-order chi connectivity index (χ1) is 14.5. The molecule has 0 radical (unpaired) electrons. The van der Waals surface area contributed by atoms with Crippen LogP contribution in [0.15, 0.2) is 82.6 Å². The van der Waals surface area contributed by atoms with Gasteiger partial charge in [0.2, 0.25) is 0 Å². The molecule has 0 fully saturated rings. The molecular weight excluding hydrogens is 438 g/mol. The highest BCUT2D eigenvalue weighted by Gasteiger charge is 2.18. The average Bonchev–Trinajstić information content (AvgIpc) is 2.68. The number of amides is 2. The SMILES string of the molecule is Cc1ccc(S(=O)(=O)NC(=O)Nc2ccc(S(=O)(=O)Nc3cccc(C)c3)cc2)cc1. The number of benzene rings is 3. The number of carbonyl (C=O) groups excluding carboxylic acids is 1. The molecule has 0 saturated carbocycles. The second kappa shape index (κ2) is 8.78. The summed E-state index contributed by atoms with van der Waals surface area (Å²) in [4.78, 5) is 12.0. The lowest BCUT2D eigenvalue weighted by molar-refractivity contribution is 0.256. The lowest BCUT2D eigenvalue weighted by atomic mass is 10.2. The van der Waals surface area contributed by atoms with Gasteiger partial charge in [-0.3, -0.25) is 4.72 Å². The molecule has 3 rings (SSSR count). The Bertz CT molecular complexity index is 1300. The highest BCUT2D eigenvalue weighted by Crippen LogP contribution is 2.19. The van der Waals surface area contributed by atoms with Crippen LogP contribution in [0.2, 0.25) is 0 Å². The van der Waals surface area contributed by atoms with Gasteiger partial charge in [-0.05, 0) is 67.9 Å². The fourth-order valence-corrected chi connectivity index (χ4v) is 4.65. The standard InChI is InChI=1S/C21H21N3O5S2/c1-15-6-10-19(11-7-15)31(28,29)24-21(25)22-17-8-12-20(13-9-17)30(26,27)23-18-5-3-4-16(2)14-18/h3-14,23H,1-2H3,(H2,22,24,25). The Morgan fingerprint density at radius 2 is 1.26 bits per heavy atom. The number of hydrogen-bond donors (Lipinski definition) is 3. The van der Waals surface area contributed by atoms with Crippen molar-refractivity contribution in [3.05, 3.63) is 83.9 Å². The minimum absolute atomic E-state index is 0.00718. The number of sulfonamides is 2. The molecule has 3 N–H and O–H groups in total. The summed E-state index contributed by atoms with van der Waals surface area (Å²) in [5.41, 5.74) is 2.45. The van der Waals surface area contributed by atoms with Gasteiger partial charge in [0, 0.05) is 11.4 Å². The normalized spacial score (nSPS) is 11.5. The number of urea groups is 1. The molecule has 0 aromatic heterocycles. The third-order valence-electron chi connectivity index (χ3n) is 4.25. The molecular formula is C21H21N3O5S2. The lowest BCUT2D eigenvalue weighted by Crippen LogP contribution is -2.34. The molecule has 8 nitrogen and oxygen atoms in total. The first-order valence-electron chi connectivity index (χ1n) is 9.15. The highest BCUT2D eigenvalue weighted by molar-refractivity contribution is 7.92. The van der Waals surface area contributed by atoms with Crippen molar-refractivity contribution >= 4 is 37.5 Å². The summed E-state index contributed by atoms with van der Waals surface area (Å²) in [6.07, 6.45) is 0. The Balaban J connectivity index is 1.67. The van der Waals surface area contributed by atoms with Crippen LogP contribution in [0, 0.1) is 13.8 Å². The number of hydrogen-bond acceptors (Lipinski definition) is 5. The zero-order chi connectivity index (χ0) is 22.6. The molecule has 0 atom stereocenters.